The monoisotopic (exact) mass is 460 g/mol. The number of H-pyrrole nitrogens is 1. The van der Waals surface area contributed by atoms with Crippen molar-refractivity contribution in [2.45, 2.75) is 44.9 Å². The number of aromatic amines is 1. The summed E-state index contributed by atoms with van der Waals surface area (Å²) in [6.45, 7) is 5.81. The van der Waals surface area contributed by atoms with Crippen molar-refractivity contribution < 1.29 is 22.8 Å². The normalized spacial score (nSPS) is 13.9. The van der Waals surface area contributed by atoms with Crippen LogP contribution < -0.4 is 10.0 Å². The third-order valence-electron chi connectivity index (χ3n) is 5.39. The lowest BCUT2D eigenvalue weighted by molar-refractivity contribution is -0.116. The van der Waals surface area contributed by atoms with Crippen molar-refractivity contribution >= 4 is 33.3 Å². The lowest BCUT2D eigenvalue weighted by Gasteiger charge is -2.17. The zero-order chi connectivity index (χ0) is 23.5. The van der Waals surface area contributed by atoms with Gasteiger partial charge < -0.3 is 15.2 Å². The average Bonchev–Trinajstić information content (AvgIpc) is 3.35. The van der Waals surface area contributed by atoms with Crippen LogP contribution in [0.4, 0.5) is 5.69 Å². The number of amides is 2. The third kappa shape index (κ3) is 5.25. The van der Waals surface area contributed by atoms with E-state index < -0.39 is 15.9 Å². The van der Waals surface area contributed by atoms with Crippen molar-refractivity contribution in [3.05, 3.63) is 46.8 Å². The van der Waals surface area contributed by atoms with E-state index in [0.717, 1.165) is 12.8 Å². The summed E-state index contributed by atoms with van der Waals surface area (Å²) < 4.78 is 28.4. The highest BCUT2D eigenvalue weighted by molar-refractivity contribution is 7.89. The van der Waals surface area contributed by atoms with Crippen molar-refractivity contribution in [1.82, 2.24) is 14.6 Å². The molecule has 0 spiro atoms. The summed E-state index contributed by atoms with van der Waals surface area (Å²) in [6, 6.07) is 6.52. The second-order valence-electron chi connectivity index (χ2n) is 7.91. The Balaban J connectivity index is 1.67. The predicted octanol–water partition coefficient (Wildman–Crippen LogP) is 2.38. The molecule has 1 aromatic heterocycles. The Bertz CT molecular complexity index is 1150. The molecule has 2 aromatic rings. The number of Topliss-reactive ketones (excluding diaryl/α,β-unsaturated/α-hetero) is 1. The highest BCUT2D eigenvalue weighted by atomic mass is 32.2. The molecular weight excluding hydrogens is 432 g/mol. The molecule has 3 N–H and O–H groups in total. The van der Waals surface area contributed by atoms with Crippen molar-refractivity contribution in [1.29, 1.82) is 0 Å². The molecule has 0 atom stereocenters. The molecule has 0 saturated carbocycles. The molecule has 0 aliphatic carbocycles. The van der Waals surface area contributed by atoms with Gasteiger partial charge in [-0.2, -0.15) is 0 Å². The molecule has 0 bridgehead atoms. The third-order valence-corrected chi connectivity index (χ3v) is 7.02. The fourth-order valence-electron chi connectivity index (χ4n) is 3.84. The molecule has 9 nitrogen and oxygen atoms in total. The van der Waals surface area contributed by atoms with Gasteiger partial charge in [0.15, 0.2) is 5.78 Å². The summed E-state index contributed by atoms with van der Waals surface area (Å²) in [5, 5.41) is 2.65. The number of aromatic nitrogens is 1. The van der Waals surface area contributed by atoms with E-state index in [-0.39, 0.29) is 35.1 Å². The van der Waals surface area contributed by atoms with Crippen molar-refractivity contribution in [3.8, 4) is 0 Å². The average molecular weight is 461 g/mol. The molecule has 10 heteroatoms. The molecule has 1 saturated heterocycles. The fourth-order valence-corrected chi connectivity index (χ4v) is 5.32. The van der Waals surface area contributed by atoms with Gasteiger partial charge in [-0.1, -0.05) is 12.1 Å². The summed E-state index contributed by atoms with van der Waals surface area (Å²) >= 11 is 0. The van der Waals surface area contributed by atoms with Gasteiger partial charge in [0.2, 0.25) is 15.9 Å². The molecule has 1 aliphatic rings. The largest absolute Gasteiger partial charge is 0.361 e. The Hall–Kier alpha value is -2.98. The van der Waals surface area contributed by atoms with E-state index in [4.69, 9.17) is 0 Å². The predicted molar refractivity (Wildman–Crippen MR) is 120 cm³/mol. The first kappa shape index (κ1) is 23.7. The number of rotatable bonds is 8. The Morgan fingerprint density at radius 2 is 1.78 bits per heavy atom. The second kappa shape index (κ2) is 9.66. The smallest absolute Gasteiger partial charge is 0.257 e. The van der Waals surface area contributed by atoms with Gasteiger partial charge in [-0.3, -0.25) is 14.4 Å². The highest BCUT2D eigenvalue weighted by Crippen LogP contribution is 2.26. The van der Waals surface area contributed by atoms with E-state index in [1.807, 2.05) is 0 Å². The van der Waals surface area contributed by atoms with Gasteiger partial charge in [-0.05, 0) is 45.7 Å². The lowest BCUT2D eigenvalue weighted by Crippen LogP contribution is -2.32. The number of ketones is 1. The second-order valence-corrected chi connectivity index (χ2v) is 9.62. The van der Waals surface area contributed by atoms with Crippen molar-refractivity contribution in [3.63, 3.8) is 0 Å². The first-order valence-electron chi connectivity index (χ1n) is 10.5. The first-order chi connectivity index (χ1) is 15.1. The maximum atomic E-state index is 13.0. The fraction of sp³-hybridized carbons (Fsp3) is 0.409. The Labute approximate surface area is 187 Å². The minimum absolute atomic E-state index is 0.0681. The minimum atomic E-state index is -4.02. The van der Waals surface area contributed by atoms with E-state index in [2.05, 4.69) is 15.0 Å². The zero-order valence-corrected chi connectivity index (χ0v) is 19.3. The van der Waals surface area contributed by atoms with Crippen LogP contribution in [-0.2, 0) is 14.8 Å². The first-order valence-corrected chi connectivity index (χ1v) is 12.0. The minimum Gasteiger partial charge on any atom is -0.361 e. The Kier molecular flexibility index (Phi) is 7.15. The topological polar surface area (TPSA) is 128 Å². The number of anilines is 1. The molecule has 1 aromatic carbocycles. The van der Waals surface area contributed by atoms with Gasteiger partial charge >= 0.3 is 0 Å². The van der Waals surface area contributed by atoms with Gasteiger partial charge in [0.1, 0.15) is 4.90 Å². The van der Waals surface area contributed by atoms with Crippen LogP contribution in [0.3, 0.4) is 0 Å². The van der Waals surface area contributed by atoms with Gasteiger partial charge in [0.25, 0.3) is 5.91 Å². The van der Waals surface area contributed by atoms with Crippen molar-refractivity contribution in [2.75, 3.05) is 25.0 Å². The van der Waals surface area contributed by atoms with Crippen LogP contribution in [0.25, 0.3) is 0 Å². The van der Waals surface area contributed by atoms with Gasteiger partial charge in [0, 0.05) is 48.7 Å². The summed E-state index contributed by atoms with van der Waals surface area (Å²) in [6.07, 6.45) is 1.69. The number of benzene rings is 1. The maximum Gasteiger partial charge on any atom is 0.257 e. The summed E-state index contributed by atoms with van der Waals surface area (Å²) in [4.78, 5) is 41.2. The Morgan fingerprint density at radius 1 is 1.09 bits per heavy atom. The van der Waals surface area contributed by atoms with E-state index in [1.165, 1.54) is 6.92 Å². The molecule has 2 heterocycles. The summed E-state index contributed by atoms with van der Waals surface area (Å²) in [5.74, 6) is -0.818. The number of hydrogen-bond acceptors (Lipinski definition) is 5. The van der Waals surface area contributed by atoms with Crippen LogP contribution in [0.15, 0.2) is 29.2 Å². The van der Waals surface area contributed by atoms with Crippen LogP contribution in [0.2, 0.25) is 0 Å². The number of sulfonamides is 1. The maximum absolute atomic E-state index is 13.0. The van der Waals surface area contributed by atoms with E-state index in [9.17, 15) is 22.8 Å². The SMILES string of the molecule is CC(=O)c1cccc(NC(=O)CCNS(=O)(=O)c2c(C)[nH]c(C)c2C(=O)N2CCCC2)c1. The molecule has 3 rings (SSSR count). The van der Waals surface area contributed by atoms with E-state index in [1.54, 1.807) is 43.0 Å². The highest BCUT2D eigenvalue weighted by Gasteiger charge is 2.32. The number of carbonyl (C=O) groups excluding carboxylic acids is 3. The number of likely N-dealkylation sites (tertiary alicyclic amines) is 1. The summed E-state index contributed by atoms with van der Waals surface area (Å²) in [7, 11) is -4.02. The van der Waals surface area contributed by atoms with Gasteiger partial charge in [-0.25, -0.2) is 13.1 Å². The van der Waals surface area contributed by atoms with Crippen LogP contribution in [0, 0.1) is 13.8 Å². The molecule has 1 aliphatic heterocycles. The van der Waals surface area contributed by atoms with Crippen LogP contribution in [-0.4, -0.2) is 55.5 Å². The molecule has 0 unspecified atom stereocenters. The number of nitrogens with one attached hydrogen (secondary N) is 3. The zero-order valence-electron chi connectivity index (χ0n) is 18.4. The van der Waals surface area contributed by atoms with Crippen molar-refractivity contribution in [2.24, 2.45) is 0 Å². The van der Waals surface area contributed by atoms with Crippen LogP contribution in [0.1, 0.15) is 58.3 Å². The standard InChI is InChI=1S/C22H28N4O5S/c1-14-20(22(29)26-11-4-5-12-26)21(15(2)24-14)32(30,31)23-10-9-19(28)25-18-8-6-7-17(13-18)16(3)27/h6-8,13,23-24H,4-5,9-12H2,1-3H3,(H,25,28). The number of nitrogens with zero attached hydrogens (tertiary/aromatic N) is 1. The molecule has 172 valence electrons. The number of carbonyl (C=O) groups is 3. The van der Waals surface area contributed by atoms with Gasteiger partial charge in [0.05, 0.1) is 5.56 Å². The molecule has 0 radical (unpaired) electrons. The van der Waals surface area contributed by atoms with Crippen LogP contribution in [0.5, 0.6) is 0 Å². The summed E-state index contributed by atoms with van der Waals surface area (Å²) in [5.41, 5.74) is 1.96. The quantitative estimate of drug-likeness (QED) is 0.521. The van der Waals surface area contributed by atoms with E-state index >= 15 is 0 Å². The molecule has 32 heavy (non-hydrogen) atoms. The number of aryl methyl sites for hydroxylation is 2. The number of hydrogen-bond donors (Lipinski definition) is 3. The Morgan fingerprint density at radius 3 is 2.44 bits per heavy atom. The molecule has 2 amide bonds. The molecule has 1 fully saturated rings. The van der Waals surface area contributed by atoms with E-state index in [0.29, 0.717) is 35.7 Å². The van der Waals surface area contributed by atoms with Crippen LogP contribution >= 0.6 is 0 Å². The lowest BCUT2D eigenvalue weighted by atomic mass is 10.1. The van der Waals surface area contributed by atoms with Gasteiger partial charge in [-0.15, -0.1) is 0 Å². The molecular formula is C22H28N4O5S.